The van der Waals surface area contributed by atoms with Gasteiger partial charge in [0, 0.05) is 43.0 Å². The third-order valence-corrected chi connectivity index (χ3v) is 6.99. The molecule has 1 unspecified atom stereocenters. The van der Waals surface area contributed by atoms with Crippen molar-refractivity contribution in [1.29, 1.82) is 0 Å². The number of benzene rings is 2. The van der Waals surface area contributed by atoms with Crippen LogP contribution in [0.5, 0.6) is 0 Å². The predicted molar refractivity (Wildman–Crippen MR) is 159 cm³/mol. The Morgan fingerprint density at radius 1 is 1.17 bits per heavy atom. The van der Waals surface area contributed by atoms with Crippen molar-refractivity contribution in [2.75, 3.05) is 24.5 Å². The van der Waals surface area contributed by atoms with Crippen LogP contribution in [-0.2, 0) is 16.1 Å². The summed E-state index contributed by atoms with van der Waals surface area (Å²) in [4.78, 5) is 48.0. The zero-order valence-electron chi connectivity index (χ0n) is 24.3. The lowest BCUT2D eigenvalue weighted by Gasteiger charge is -2.31. The quantitative estimate of drug-likeness (QED) is 0.441. The molecule has 1 saturated heterocycles. The van der Waals surface area contributed by atoms with E-state index in [0.717, 1.165) is 12.1 Å². The Balaban J connectivity index is 1.73. The fourth-order valence-electron chi connectivity index (χ4n) is 4.91. The lowest BCUT2D eigenvalue weighted by atomic mass is 10.1. The van der Waals surface area contributed by atoms with Crippen LogP contribution in [0.2, 0.25) is 5.02 Å². The summed E-state index contributed by atoms with van der Waals surface area (Å²) in [7, 11) is 0. The second-order valence-electron chi connectivity index (χ2n) is 11.7. The highest BCUT2D eigenvalue weighted by Gasteiger charge is 2.29. The van der Waals surface area contributed by atoms with Crippen molar-refractivity contribution in [2.24, 2.45) is 0 Å². The van der Waals surface area contributed by atoms with Crippen LogP contribution in [0.15, 0.2) is 41.2 Å². The summed E-state index contributed by atoms with van der Waals surface area (Å²) < 4.78 is 20.8. The molecule has 4 rings (SSSR count). The molecule has 0 saturated carbocycles. The van der Waals surface area contributed by atoms with E-state index in [0.29, 0.717) is 36.1 Å². The first-order valence-electron chi connectivity index (χ1n) is 13.8. The van der Waals surface area contributed by atoms with E-state index in [-0.39, 0.29) is 41.5 Å². The van der Waals surface area contributed by atoms with Crippen LogP contribution < -0.4 is 15.8 Å². The topological polar surface area (TPSA) is 96.8 Å². The molecule has 1 aliphatic heterocycles. The molecule has 41 heavy (non-hydrogen) atoms. The molecular weight excluding hydrogens is 549 g/mol. The molecule has 1 atom stereocenters. The number of carbonyl (C=O) groups is 2. The maximum absolute atomic E-state index is 13.9. The van der Waals surface area contributed by atoms with Crippen molar-refractivity contribution in [1.82, 2.24) is 19.8 Å². The standard InChI is InChI=1S/C30H37ClFN5O4/c1-18(2)33-26(38)17-37-27(20-8-10-24(32)23(31)14-20)34-25-11-9-21(15-22(25)28(37)39)35-12-7-13-36(19(3)16-35)29(40)41-30(4,5)6/h8-11,14-15,18-19H,7,12-13,16-17H2,1-6H3,(H,33,38). The molecule has 1 N–H and O–H groups in total. The van der Waals surface area contributed by atoms with Crippen molar-refractivity contribution in [3.05, 3.63) is 57.6 Å². The van der Waals surface area contributed by atoms with E-state index in [4.69, 9.17) is 21.3 Å². The highest BCUT2D eigenvalue weighted by atomic mass is 35.5. The van der Waals surface area contributed by atoms with Crippen molar-refractivity contribution in [3.8, 4) is 11.4 Å². The minimum atomic E-state index is -0.593. The van der Waals surface area contributed by atoms with Gasteiger partial charge < -0.3 is 19.9 Å². The van der Waals surface area contributed by atoms with Gasteiger partial charge in [0.05, 0.1) is 15.9 Å². The van der Waals surface area contributed by atoms with Crippen LogP contribution >= 0.6 is 11.6 Å². The Hall–Kier alpha value is -3.66. The fraction of sp³-hybridized carbons (Fsp3) is 0.467. The number of hydrogen-bond donors (Lipinski definition) is 1. The number of rotatable bonds is 5. The Kier molecular flexibility index (Phi) is 8.91. The number of halogens is 2. The zero-order valence-corrected chi connectivity index (χ0v) is 25.1. The van der Waals surface area contributed by atoms with Gasteiger partial charge in [-0.15, -0.1) is 0 Å². The summed E-state index contributed by atoms with van der Waals surface area (Å²) in [6.45, 7) is 12.7. The van der Waals surface area contributed by atoms with E-state index in [1.807, 2.05) is 47.6 Å². The lowest BCUT2D eigenvalue weighted by Crippen LogP contribution is -2.45. The first-order valence-corrected chi connectivity index (χ1v) is 14.1. The predicted octanol–water partition coefficient (Wildman–Crippen LogP) is 5.22. The second-order valence-corrected chi connectivity index (χ2v) is 12.1. The molecule has 2 aromatic carbocycles. The van der Waals surface area contributed by atoms with Gasteiger partial charge in [-0.05, 0) is 84.4 Å². The molecule has 9 nitrogen and oxygen atoms in total. The van der Waals surface area contributed by atoms with Gasteiger partial charge in [-0.1, -0.05) is 11.6 Å². The number of amides is 2. The number of ether oxygens (including phenoxy) is 1. The molecule has 1 aliphatic rings. The van der Waals surface area contributed by atoms with E-state index in [1.165, 1.54) is 22.8 Å². The summed E-state index contributed by atoms with van der Waals surface area (Å²) in [6, 6.07) is 9.27. The summed E-state index contributed by atoms with van der Waals surface area (Å²) in [5.74, 6) is -0.728. The van der Waals surface area contributed by atoms with Gasteiger partial charge in [0.15, 0.2) is 0 Å². The number of hydrogen-bond acceptors (Lipinski definition) is 6. The molecular formula is C30H37ClFN5O4. The number of carbonyl (C=O) groups excluding carboxylic acids is 2. The maximum Gasteiger partial charge on any atom is 0.410 e. The van der Waals surface area contributed by atoms with Gasteiger partial charge in [0.1, 0.15) is 23.8 Å². The highest BCUT2D eigenvalue weighted by molar-refractivity contribution is 6.31. The largest absolute Gasteiger partial charge is 0.444 e. The number of nitrogens with one attached hydrogen (secondary N) is 1. The minimum Gasteiger partial charge on any atom is -0.444 e. The monoisotopic (exact) mass is 585 g/mol. The molecule has 2 heterocycles. The van der Waals surface area contributed by atoms with Crippen LogP contribution in [0, 0.1) is 5.82 Å². The average Bonchev–Trinajstić information content (AvgIpc) is 3.07. The molecule has 1 aromatic heterocycles. The van der Waals surface area contributed by atoms with E-state index < -0.39 is 17.0 Å². The normalized spacial score (nSPS) is 16.2. The lowest BCUT2D eigenvalue weighted by molar-refractivity contribution is -0.122. The number of anilines is 1. The Labute approximate surface area is 244 Å². The molecule has 220 valence electrons. The SMILES string of the molecule is CC(C)NC(=O)Cn1c(-c2ccc(F)c(Cl)c2)nc2ccc(N3CCCN(C(=O)OC(C)(C)C)C(C)C3)cc2c1=O. The van der Waals surface area contributed by atoms with Crippen molar-refractivity contribution >= 4 is 40.2 Å². The Morgan fingerprint density at radius 3 is 2.56 bits per heavy atom. The van der Waals surface area contributed by atoms with Crippen LogP contribution in [-0.4, -0.2) is 63.8 Å². The molecule has 11 heteroatoms. The molecule has 0 aliphatic carbocycles. The van der Waals surface area contributed by atoms with Crippen molar-refractivity contribution in [3.63, 3.8) is 0 Å². The molecule has 3 aromatic rings. The van der Waals surface area contributed by atoms with Gasteiger partial charge in [-0.2, -0.15) is 0 Å². The van der Waals surface area contributed by atoms with Crippen LogP contribution in [0.1, 0.15) is 48.0 Å². The van der Waals surface area contributed by atoms with Crippen molar-refractivity contribution in [2.45, 2.75) is 72.2 Å². The van der Waals surface area contributed by atoms with Gasteiger partial charge in [-0.3, -0.25) is 14.2 Å². The van der Waals surface area contributed by atoms with Crippen LogP contribution in [0.4, 0.5) is 14.9 Å². The molecule has 0 radical (unpaired) electrons. The van der Waals surface area contributed by atoms with Crippen LogP contribution in [0.25, 0.3) is 22.3 Å². The summed E-state index contributed by atoms with van der Waals surface area (Å²) in [6.07, 6.45) is 0.384. The van der Waals surface area contributed by atoms with E-state index in [9.17, 15) is 18.8 Å². The summed E-state index contributed by atoms with van der Waals surface area (Å²) in [5.41, 5.74) is 0.681. The van der Waals surface area contributed by atoms with Crippen molar-refractivity contribution < 1.29 is 18.7 Å². The fourth-order valence-corrected chi connectivity index (χ4v) is 5.09. The Morgan fingerprint density at radius 2 is 1.90 bits per heavy atom. The average molecular weight is 586 g/mol. The third-order valence-electron chi connectivity index (χ3n) is 6.70. The van der Waals surface area contributed by atoms with E-state index in [2.05, 4.69) is 10.2 Å². The smallest absolute Gasteiger partial charge is 0.410 e. The Bertz CT molecular complexity index is 1520. The van der Waals surface area contributed by atoms with E-state index >= 15 is 0 Å². The molecule has 2 amide bonds. The first kappa shape index (κ1) is 30.3. The molecule has 0 spiro atoms. The summed E-state index contributed by atoms with van der Waals surface area (Å²) >= 11 is 6.03. The van der Waals surface area contributed by atoms with Gasteiger partial charge >= 0.3 is 6.09 Å². The third kappa shape index (κ3) is 7.16. The maximum atomic E-state index is 13.9. The number of fused-ring (bicyclic) bond motifs is 1. The van der Waals surface area contributed by atoms with Gasteiger partial charge in [-0.25, -0.2) is 14.2 Å². The zero-order chi connectivity index (χ0) is 30.1. The minimum absolute atomic E-state index is 0.110. The van der Waals surface area contributed by atoms with Gasteiger partial charge in [0.25, 0.3) is 5.56 Å². The van der Waals surface area contributed by atoms with Gasteiger partial charge in [0.2, 0.25) is 5.91 Å². The molecule has 0 bridgehead atoms. The van der Waals surface area contributed by atoms with Crippen LogP contribution in [0.3, 0.4) is 0 Å². The molecule has 1 fully saturated rings. The first-order chi connectivity index (χ1) is 19.2. The summed E-state index contributed by atoms with van der Waals surface area (Å²) in [5, 5.41) is 3.04. The number of nitrogens with zero attached hydrogens (tertiary/aromatic N) is 4. The second kappa shape index (κ2) is 12.1. The highest BCUT2D eigenvalue weighted by Crippen LogP contribution is 2.27. The number of aromatic nitrogens is 2. The van der Waals surface area contributed by atoms with E-state index in [1.54, 1.807) is 17.0 Å².